The number of carbonyl (C=O) groups excluding carboxylic acids is 2. The van der Waals surface area contributed by atoms with Crippen molar-refractivity contribution in [2.75, 3.05) is 0 Å². The third kappa shape index (κ3) is 5.02. The SMILES string of the molecule is N=C(CC(NC(=O)c1ccc(-c2ccccc2C(N)=O)s1)c1ccccc1O)c1cccnc1. The lowest BCUT2D eigenvalue weighted by Crippen LogP contribution is -2.29. The number of nitrogens with one attached hydrogen (secondary N) is 2. The van der Waals surface area contributed by atoms with Crippen LogP contribution < -0.4 is 11.1 Å². The van der Waals surface area contributed by atoms with Crippen molar-refractivity contribution < 1.29 is 14.7 Å². The summed E-state index contributed by atoms with van der Waals surface area (Å²) in [6.45, 7) is 0. The van der Waals surface area contributed by atoms with Crippen LogP contribution in [0.1, 0.15) is 43.6 Å². The van der Waals surface area contributed by atoms with E-state index in [1.807, 2.05) is 0 Å². The molecule has 4 rings (SSSR count). The average molecular weight is 471 g/mol. The summed E-state index contributed by atoms with van der Waals surface area (Å²) in [7, 11) is 0. The van der Waals surface area contributed by atoms with Crippen molar-refractivity contribution in [1.29, 1.82) is 5.41 Å². The summed E-state index contributed by atoms with van der Waals surface area (Å²) in [5.41, 5.74) is 7.97. The van der Waals surface area contributed by atoms with E-state index < -0.39 is 11.9 Å². The molecule has 4 aromatic rings. The second-order valence-electron chi connectivity index (χ2n) is 7.58. The molecule has 8 heteroatoms. The Morgan fingerprint density at radius 2 is 1.79 bits per heavy atom. The molecule has 2 aromatic heterocycles. The molecule has 2 amide bonds. The zero-order valence-electron chi connectivity index (χ0n) is 18.1. The highest BCUT2D eigenvalue weighted by molar-refractivity contribution is 7.17. The van der Waals surface area contributed by atoms with Crippen molar-refractivity contribution in [3.63, 3.8) is 0 Å². The van der Waals surface area contributed by atoms with E-state index in [1.165, 1.54) is 11.3 Å². The zero-order chi connectivity index (χ0) is 24.1. The number of primary amides is 1. The minimum atomic E-state index is -0.634. The van der Waals surface area contributed by atoms with Crippen LogP contribution in [-0.4, -0.2) is 27.6 Å². The number of hydrogen-bond acceptors (Lipinski definition) is 6. The molecule has 0 saturated carbocycles. The Morgan fingerprint density at radius 1 is 1.03 bits per heavy atom. The van der Waals surface area contributed by atoms with Crippen molar-refractivity contribution in [1.82, 2.24) is 10.3 Å². The van der Waals surface area contributed by atoms with Gasteiger partial charge < -0.3 is 21.6 Å². The molecule has 2 aromatic carbocycles. The van der Waals surface area contributed by atoms with E-state index in [9.17, 15) is 14.7 Å². The van der Waals surface area contributed by atoms with E-state index in [1.54, 1.807) is 85.2 Å². The van der Waals surface area contributed by atoms with Gasteiger partial charge in [0, 0.05) is 51.7 Å². The first-order valence-electron chi connectivity index (χ1n) is 10.5. The molecule has 5 N–H and O–H groups in total. The Balaban J connectivity index is 1.60. The van der Waals surface area contributed by atoms with Crippen LogP contribution in [0.2, 0.25) is 0 Å². The number of para-hydroxylation sites is 1. The highest BCUT2D eigenvalue weighted by atomic mass is 32.1. The van der Waals surface area contributed by atoms with E-state index >= 15 is 0 Å². The van der Waals surface area contributed by atoms with Gasteiger partial charge in [-0.25, -0.2) is 0 Å². The number of benzene rings is 2. The second-order valence-corrected chi connectivity index (χ2v) is 8.67. The number of carbonyl (C=O) groups is 2. The molecule has 1 atom stereocenters. The van der Waals surface area contributed by atoms with Crippen LogP contribution in [0, 0.1) is 5.41 Å². The number of amides is 2. The van der Waals surface area contributed by atoms with Gasteiger partial charge in [-0.2, -0.15) is 0 Å². The van der Waals surface area contributed by atoms with Crippen LogP contribution in [0.5, 0.6) is 5.75 Å². The third-order valence-corrected chi connectivity index (χ3v) is 6.44. The average Bonchev–Trinajstić information content (AvgIpc) is 3.35. The molecular formula is C26H22N4O3S. The van der Waals surface area contributed by atoms with Gasteiger partial charge in [0.25, 0.3) is 5.91 Å². The van der Waals surface area contributed by atoms with Gasteiger partial charge in [0.05, 0.1) is 10.9 Å². The number of aromatic nitrogens is 1. The molecular weight excluding hydrogens is 448 g/mol. The van der Waals surface area contributed by atoms with Crippen LogP contribution in [0.3, 0.4) is 0 Å². The number of nitrogens with zero attached hydrogens (tertiary/aromatic N) is 1. The summed E-state index contributed by atoms with van der Waals surface area (Å²) < 4.78 is 0. The lowest BCUT2D eigenvalue weighted by Gasteiger charge is -2.20. The molecule has 2 heterocycles. The minimum Gasteiger partial charge on any atom is -0.508 e. The standard InChI is InChI=1S/C26H22N4O3S/c27-20(16-6-5-13-29-15-16)14-21(19-9-3-4-10-22(19)31)30-26(33)24-12-11-23(34-24)17-7-1-2-8-18(17)25(28)32/h1-13,15,21,27,31H,14H2,(H2,28,32)(H,30,33). The van der Waals surface area contributed by atoms with E-state index in [2.05, 4.69) is 10.3 Å². The molecule has 7 nitrogen and oxygen atoms in total. The molecule has 1 unspecified atom stereocenters. The first kappa shape index (κ1) is 22.9. The Morgan fingerprint density at radius 3 is 2.53 bits per heavy atom. The Labute approximate surface area is 200 Å². The van der Waals surface area contributed by atoms with Gasteiger partial charge in [-0.3, -0.25) is 14.6 Å². The fourth-order valence-electron chi connectivity index (χ4n) is 3.63. The minimum absolute atomic E-state index is 0.0361. The van der Waals surface area contributed by atoms with Crippen molar-refractivity contribution in [2.24, 2.45) is 5.73 Å². The van der Waals surface area contributed by atoms with Crippen LogP contribution in [0.15, 0.2) is 85.2 Å². The lowest BCUT2D eigenvalue weighted by molar-refractivity contribution is 0.0940. The molecule has 0 spiro atoms. The van der Waals surface area contributed by atoms with Crippen LogP contribution in [0.4, 0.5) is 0 Å². The fraction of sp³-hybridized carbons (Fsp3) is 0.0769. The Hall–Kier alpha value is -4.30. The van der Waals surface area contributed by atoms with Crippen LogP contribution >= 0.6 is 11.3 Å². The Bertz CT molecular complexity index is 1350. The summed E-state index contributed by atoms with van der Waals surface area (Å²) >= 11 is 1.24. The van der Waals surface area contributed by atoms with Gasteiger partial charge >= 0.3 is 0 Å². The molecule has 0 aliphatic heterocycles. The van der Waals surface area contributed by atoms with E-state index in [-0.39, 0.29) is 23.8 Å². The highest BCUT2D eigenvalue weighted by Crippen LogP contribution is 2.32. The van der Waals surface area contributed by atoms with E-state index in [0.29, 0.717) is 27.1 Å². The van der Waals surface area contributed by atoms with Crippen LogP contribution in [-0.2, 0) is 0 Å². The zero-order valence-corrected chi connectivity index (χ0v) is 18.9. The van der Waals surface area contributed by atoms with Crippen molar-refractivity contribution >= 4 is 28.9 Å². The summed E-state index contributed by atoms with van der Waals surface area (Å²) in [5.74, 6) is -0.849. The number of phenolic OH excluding ortho intramolecular Hbond substituents is 1. The van der Waals surface area contributed by atoms with Crippen molar-refractivity contribution in [3.05, 3.63) is 107 Å². The molecule has 0 aliphatic carbocycles. The number of phenols is 1. The number of hydrogen-bond donors (Lipinski definition) is 4. The monoisotopic (exact) mass is 470 g/mol. The summed E-state index contributed by atoms with van der Waals surface area (Å²) in [6, 6.07) is 20.1. The number of rotatable bonds is 8. The van der Waals surface area contributed by atoms with E-state index in [4.69, 9.17) is 11.1 Å². The summed E-state index contributed by atoms with van der Waals surface area (Å²) in [5, 5.41) is 21.9. The lowest BCUT2D eigenvalue weighted by atomic mass is 9.97. The third-order valence-electron chi connectivity index (χ3n) is 5.32. The van der Waals surface area contributed by atoms with Gasteiger partial charge in [-0.05, 0) is 30.3 Å². The van der Waals surface area contributed by atoms with Gasteiger partial charge in [0.15, 0.2) is 0 Å². The first-order chi connectivity index (χ1) is 16.4. The van der Waals surface area contributed by atoms with Gasteiger partial charge in [-0.1, -0.05) is 42.5 Å². The number of thiophene rings is 1. The maximum absolute atomic E-state index is 13.2. The number of pyridine rings is 1. The molecule has 0 radical (unpaired) electrons. The fourth-order valence-corrected chi connectivity index (χ4v) is 4.58. The second kappa shape index (κ2) is 10.1. The van der Waals surface area contributed by atoms with Gasteiger partial charge in [0.2, 0.25) is 5.91 Å². The predicted octanol–water partition coefficient (Wildman–Crippen LogP) is 4.54. The first-order valence-corrected chi connectivity index (χ1v) is 11.3. The van der Waals surface area contributed by atoms with Crippen molar-refractivity contribution in [3.8, 4) is 16.2 Å². The molecule has 34 heavy (non-hydrogen) atoms. The smallest absolute Gasteiger partial charge is 0.261 e. The molecule has 170 valence electrons. The molecule has 0 fully saturated rings. The van der Waals surface area contributed by atoms with Gasteiger partial charge in [-0.15, -0.1) is 11.3 Å². The van der Waals surface area contributed by atoms with Crippen molar-refractivity contribution in [2.45, 2.75) is 12.5 Å². The molecule has 0 aliphatic rings. The Kier molecular flexibility index (Phi) is 6.79. The number of nitrogens with two attached hydrogens (primary N) is 1. The topological polar surface area (TPSA) is 129 Å². The normalized spacial score (nSPS) is 11.5. The molecule has 0 bridgehead atoms. The summed E-state index contributed by atoms with van der Waals surface area (Å²) in [6.07, 6.45) is 3.38. The molecule has 0 saturated heterocycles. The summed E-state index contributed by atoms with van der Waals surface area (Å²) in [4.78, 5) is 30.2. The maximum Gasteiger partial charge on any atom is 0.261 e. The van der Waals surface area contributed by atoms with Gasteiger partial charge in [0.1, 0.15) is 5.75 Å². The predicted molar refractivity (Wildman–Crippen MR) is 132 cm³/mol. The van der Waals surface area contributed by atoms with Crippen LogP contribution in [0.25, 0.3) is 10.4 Å². The number of aromatic hydroxyl groups is 1. The largest absolute Gasteiger partial charge is 0.508 e. The highest BCUT2D eigenvalue weighted by Gasteiger charge is 2.22. The van der Waals surface area contributed by atoms with E-state index in [0.717, 1.165) is 4.88 Å². The maximum atomic E-state index is 13.2. The quantitative estimate of drug-likeness (QED) is 0.282.